The van der Waals surface area contributed by atoms with Crippen LogP contribution in [0.15, 0.2) is 176 Å². The largest absolute Gasteiger partial charge is 0.380 e. The van der Waals surface area contributed by atoms with Gasteiger partial charge in [0.15, 0.2) is 11.3 Å². The number of aryl methyl sites for hydroxylation is 2. The molecule has 8 aromatic rings. The van der Waals surface area contributed by atoms with Crippen molar-refractivity contribution in [2.45, 2.75) is 32.4 Å². The number of anilines is 1. The Balaban J connectivity index is 1.12. The maximum atomic E-state index is 13.6. The smallest absolute Gasteiger partial charge is 0.205 e. The Kier molecular flexibility index (Phi) is 9.91. The number of carbonyl (C=O) groups excluding carboxylic acids is 1. The summed E-state index contributed by atoms with van der Waals surface area (Å²) in [5, 5.41) is 18.2. The van der Waals surface area contributed by atoms with Gasteiger partial charge < -0.3 is 5.32 Å². The standard InChI is InChI=1S/C48H40N6O/c1-3-41-32-44(45(34(2)50-41)46(55)37-18-8-4-9-19-37)49-33-35-28-30-36(31-29-35)42-26-16-17-27-43(42)47-51-53-54(52-47)48(38-20-10-5-11-21-38,39-22-12-6-13-23-39)40-24-14-7-15-25-40/h4-32H,3,33H2,1-2H3,(H,49,50). The lowest BCUT2D eigenvalue weighted by Crippen LogP contribution is -2.39. The van der Waals surface area contributed by atoms with Crippen LogP contribution in [0.4, 0.5) is 5.69 Å². The van der Waals surface area contributed by atoms with E-state index in [9.17, 15) is 4.79 Å². The average Bonchev–Trinajstić information content (AvgIpc) is 3.75. The van der Waals surface area contributed by atoms with E-state index in [0.29, 0.717) is 23.5 Å². The third kappa shape index (κ3) is 6.84. The monoisotopic (exact) mass is 716 g/mol. The van der Waals surface area contributed by atoms with Crippen LogP contribution in [0.3, 0.4) is 0 Å². The van der Waals surface area contributed by atoms with Gasteiger partial charge in [0, 0.05) is 29.1 Å². The maximum absolute atomic E-state index is 13.6. The average molecular weight is 717 g/mol. The molecule has 7 heteroatoms. The van der Waals surface area contributed by atoms with Crippen molar-refractivity contribution in [3.8, 4) is 22.5 Å². The number of rotatable bonds is 12. The fourth-order valence-electron chi connectivity index (χ4n) is 7.36. The zero-order valence-electron chi connectivity index (χ0n) is 30.8. The number of tetrazole rings is 1. The van der Waals surface area contributed by atoms with Gasteiger partial charge in [-0.05, 0) is 58.0 Å². The zero-order valence-corrected chi connectivity index (χ0v) is 30.8. The number of ketones is 1. The minimum absolute atomic E-state index is 0.0400. The summed E-state index contributed by atoms with van der Waals surface area (Å²) in [6.45, 7) is 4.52. The molecule has 0 amide bonds. The van der Waals surface area contributed by atoms with Gasteiger partial charge in [0.25, 0.3) is 0 Å². The van der Waals surface area contributed by atoms with Gasteiger partial charge in [0.05, 0.1) is 11.3 Å². The number of pyridine rings is 1. The summed E-state index contributed by atoms with van der Waals surface area (Å²) in [6, 6.07) is 59.1. The molecule has 0 saturated carbocycles. The molecular weight excluding hydrogens is 677 g/mol. The number of carbonyl (C=O) groups is 1. The second-order valence-electron chi connectivity index (χ2n) is 13.5. The highest BCUT2D eigenvalue weighted by molar-refractivity contribution is 6.13. The quantitative estimate of drug-likeness (QED) is 0.100. The van der Waals surface area contributed by atoms with E-state index in [0.717, 1.165) is 62.4 Å². The molecule has 6 aromatic carbocycles. The molecule has 0 fully saturated rings. The Morgan fingerprint density at radius 1 is 0.655 bits per heavy atom. The first-order valence-corrected chi connectivity index (χ1v) is 18.6. The van der Waals surface area contributed by atoms with Crippen molar-refractivity contribution < 1.29 is 4.79 Å². The SMILES string of the molecule is CCc1cc(NCc2ccc(-c3ccccc3-c3nnn(C(c4ccccc4)(c4ccccc4)c4ccccc4)n3)cc2)c(C(=O)c2ccccc2)c(C)n1. The number of nitrogens with one attached hydrogen (secondary N) is 1. The summed E-state index contributed by atoms with van der Waals surface area (Å²) < 4.78 is 0. The molecule has 0 aliphatic heterocycles. The van der Waals surface area contributed by atoms with E-state index >= 15 is 0 Å². The van der Waals surface area contributed by atoms with E-state index in [2.05, 4.69) is 79.0 Å². The summed E-state index contributed by atoms with van der Waals surface area (Å²) in [4.78, 5) is 20.1. The first kappa shape index (κ1) is 35.1. The molecule has 7 nitrogen and oxygen atoms in total. The lowest BCUT2D eigenvalue weighted by molar-refractivity contribution is 0.103. The number of hydrogen-bond donors (Lipinski definition) is 1. The van der Waals surface area contributed by atoms with Gasteiger partial charge in [0.1, 0.15) is 0 Å². The Labute approximate surface area is 321 Å². The summed E-state index contributed by atoms with van der Waals surface area (Å²) in [6.07, 6.45) is 0.776. The van der Waals surface area contributed by atoms with Crippen LogP contribution in [0.1, 0.15) is 56.5 Å². The van der Waals surface area contributed by atoms with E-state index in [1.54, 1.807) is 4.80 Å². The van der Waals surface area contributed by atoms with Crippen LogP contribution in [-0.2, 0) is 18.5 Å². The molecule has 0 aliphatic rings. The van der Waals surface area contributed by atoms with Crippen molar-refractivity contribution in [2.24, 2.45) is 0 Å². The molecule has 2 aromatic heterocycles. The van der Waals surface area contributed by atoms with Crippen molar-refractivity contribution >= 4 is 11.5 Å². The number of nitrogens with zero attached hydrogens (tertiary/aromatic N) is 5. The van der Waals surface area contributed by atoms with Gasteiger partial charge in [-0.2, -0.15) is 0 Å². The molecule has 0 saturated heterocycles. The van der Waals surface area contributed by atoms with E-state index in [-0.39, 0.29) is 5.78 Å². The van der Waals surface area contributed by atoms with Crippen molar-refractivity contribution in [1.29, 1.82) is 0 Å². The topological polar surface area (TPSA) is 85.6 Å². The zero-order chi connectivity index (χ0) is 37.6. The van der Waals surface area contributed by atoms with Crippen LogP contribution >= 0.6 is 0 Å². The molecular formula is C48H40N6O. The number of aromatic nitrogens is 5. The highest BCUT2D eigenvalue weighted by Crippen LogP contribution is 2.40. The van der Waals surface area contributed by atoms with E-state index in [1.165, 1.54) is 0 Å². The van der Waals surface area contributed by atoms with E-state index in [1.807, 2.05) is 116 Å². The van der Waals surface area contributed by atoms with Gasteiger partial charge in [0.2, 0.25) is 5.82 Å². The molecule has 2 heterocycles. The maximum Gasteiger partial charge on any atom is 0.205 e. The van der Waals surface area contributed by atoms with Gasteiger partial charge >= 0.3 is 0 Å². The van der Waals surface area contributed by atoms with Crippen molar-refractivity contribution in [3.63, 3.8) is 0 Å². The third-order valence-electron chi connectivity index (χ3n) is 10.1. The molecule has 8 rings (SSSR count). The minimum atomic E-state index is -0.866. The molecule has 0 spiro atoms. The van der Waals surface area contributed by atoms with Crippen molar-refractivity contribution in [2.75, 3.05) is 5.32 Å². The second kappa shape index (κ2) is 15.5. The van der Waals surface area contributed by atoms with Gasteiger partial charge in [-0.3, -0.25) is 9.78 Å². The summed E-state index contributed by atoms with van der Waals surface area (Å²) in [7, 11) is 0. The fourth-order valence-corrected chi connectivity index (χ4v) is 7.36. The highest BCUT2D eigenvalue weighted by Gasteiger charge is 2.41. The molecule has 0 aliphatic carbocycles. The number of hydrogen-bond acceptors (Lipinski definition) is 6. The molecule has 0 radical (unpaired) electrons. The molecule has 55 heavy (non-hydrogen) atoms. The van der Waals surface area contributed by atoms with Crippen LogP contribution in [0, 0.1) is 6.92 Å². The summed E-state index contributed by atoms with van der Waals surface area (Å²) in [5.74, 6) is 0.491. The molecule has 0 unspecified atom stereocenters. The minimum Gasteiger partial charge on any atom is -0.380 e. The third-order valence-corrected chi connectivity index (χ3v) is 10.1. The predicted octanol–water partition coefficient (Wildman–Crippen LogP) is 9.96. The predicted molar refractivity (Wildman–Crippen MR) is 219 cm³/mol. The summed E-state index contributed by atoms with van der Waals surface area (Å²) in [5.41, 5.74) is 9.90. The Hall–Kier alpha value is -6.99. The van der Waals surface area contributed by atoms with Gasteiger partial charge in [-0.25, -0.2) is 0 Å². The Bertz CT molecular complexity index is 2440. The molecule has 0 atom stereocenters. The van der Waals surface area contributed by atoms with E-state index < -0.39 is 5.54 Å². The normalized spacial score (nSPS) is 11.3. The molecule has 1 N–H and O–H groups in total. The van der Waals surface area contributed by atoms with E-state index in [4.69, 9.17) is 20.4 Å². The number of benzene rings is 6. The molecule has 0 bridgehead atoms. The van der Waals surface area contributed by atoms with Gasteiger partial charge in [-0.1, -0.05) is 177 Å². The van der Waals surface area contributed by atoms with Crippen LogP contribution in [0.2, 0.25) is 0 Å². The second-order valence-corrected chi connectivity index (χ2v) is 13.5. The van der Waals surface area contributed by atoms with Crippen LogP contribution in [0.5, 0.6) is 0 Å². The van der Waals surface area contributed by atoms with Gasteiger partial charge in [-0.15, -0.1) is 15.0 Å². The molecule has 268 valence electrons. The Morgan fingerprint density at radius 3 is 1.75 bits per heavy atom. The van der Waals surface area contributed by atoms with Crippen LogP contribution in [-0.4, -0.2) is 31.0 Å². The first-order valence-electron chi connectivity index (χ1n) is 18.6. The van der Waals surface area contributed by atoms with Crippen molar-refractivity contribution in [3.05, 3.63) is 221 Å². The fraction of sp³-hybridized carbons (Fsp3) is 0.104. The Morgan fingerprint density at radius 2 is 1.18 bits per heavy atom. The van der Waals surface area contributed by atoms with Crippen molar-refractivity contribution in [1.82, 2.24) is 25.2 Å². The van der Waals surface area contributed by atoms with Crippen LogP contribution in [0.25, 0.3) is 22.5 Å². The lowest BCUT2D eigenvalue weighted by atomic mass is 9.77. The first-order chi connectivity index (χ1) is 27.1. The summed E-state index contributed by atoms with van der Waals surface area (Å²) >= 11 is 0. The van der Waals surface area contributed by atoms with Crippen LogP contribution < -0.4 is 5.32 Å². The lowest BCUT2D eigenvalue weighted by Gasteiger charge is -2.34. The highest BCUT2D eigenvalue weighted by atomic mass is 16.1.